The van der Waals surface area contributed by atoms with Gasteiger partial charge in [0, 0.05) is 12.6 Å². The maximum Gasteiger partial charge on any atom is 0.271 e. The van der Waals surface area contributed by atoms with Crippen LogP contribution in [0.15, 0.2) is 65.3 Å². The highest BCUT2D eigenvalue weighted by molar-refractivity contribution is 6.00. The third-order valence-electron chi connectivity index (χ3n) is 7.14. The molecule has 1 aliphatic carbocycles. The summed E-state index contributed by atoms with van der Waals surface area (Å²) < 4.78 is 7.56. The Morgan fingerprint density at radius 3 is 2.42 bits per heavy atom. The molecule has 2 aromatic heterocycles. The Morgan fingerprint density at radius 2 is 1.73 bits per heavy atom. The van der Waals surface area contributed by atoms with Crippen molar-refractivity contribution < 1.29 is 14.0 Å². The fourth-order valence-electron chi connectivity index (χ4n) is 5.19. The van der Waals surface area contributed by atoms with Crippen LogP contribution >= 0.6 is 0 Å². The number of nitrogens with zero attached hydrogens (tertiary/aromatic N) is 2. The van der Waals surface area contributed by atoms with Crippen molar-refractivity contribution in [3.05, 3.63) is 72.1 Å². The van der Waals surface area contributed by atoms with Gasteiger partial charge in [-0.15, -0.1) is 0 Å². The number of furan rings is 1. The summed E-state index contributed by atoms with van der Waals surface area (Å²) in [6.07, 6.45) is 8.35. The number of carbonyl (C=O) groups is 2. The van der Waals surface area contributed by atoms with Crippen LogP contribution in [-0.4, -0.2) is 32.9 Å². The molecule has 1 saturated carbocycles. The van der Waals surface area contributed by atoms with Gasteiger partial charge in [0.2, 0.25) is 5.91 Å². The molecule has 2 aliphatic rings. The molecule has 3 heterocycles. The molecule has 6 nitrogen and oxygen atoms in total. The van der Waals surface area contributed by atoms with Crippen molar-refractivity contribution in [2.45, 2.75) is 70.1 Å². The monoisotopic (exact) mass is 445 g/mol. The highest BCUT2D eigenvalue weighted by atomic mass is 16.3. The molecule has 5 rings (SSSR count). The molecule has 1 fully saturated rings. The minimum atomic E-state index is -1.02. The van der Waals surface area contributed by atoms with Crippen molar-refractivity contribution in [1.29, 1.82) is 0 Å². The second-order valence-electron chi connectivity index (χ2n) is 9.48. The van der Waals surface area contributed by atoms with E-state index in [1.807, 2.05) is 66.1 Å². The summed E-state index contributed by atoms with van der Waals surface area (Å²) in [6.45, 7) is 2.66. The minimum Gasteiger partial charge on any atom is -0.463 e. The normalized spacial score (nSPS) is 21.5. The van der Waals surface area contributed by atoms with E-state index in [1.165, 1.54) is 12.8 Å². The topological polar surface area (TPSA) is 67.5 Å². The molecule has 6 heteroatoms. The number of amides is 2. The van der Waals surface area contributed by atoms with Gasteiger partial charge in [-0.2, -0.15) is 0 Å². The molecule has 1 aromatic carbocycles. The molecule has 1 atom stereocenters. The molecule has 172 valence electrons. The van der Waals surface area contributed by atoms with E-state index < -0.39 is 5.54 Å². The number of carbonyl (C=O) groups excluding carboxylic acids is 2. The number of nitrogens with one attached hydrogen (secondary N) is 1. The Kier molecular flexibility index (Phi) is 5.83. The van der Waals surface area contributed by atoms with Crippen molar-refractivity contribution in [3.8, 4) is 11.5 Å². The molecule has 0 radical (unpaired) electrons. The van der Waals surface area contributed by atoms with Crippen molar-refractivity contribution >= 4 is 11.8 Å². The highest BCUT2D eigenvalue weighted by Gasteiger charge is 2.48. The second-order valence-corrected chi connectivity index (χ2v) is 9.48. The van der Waals surface area contributed by atoms with Crippen molar-refractivity contribution in [3.63, 3.8) is 0 Å². The van der Waals surface area contributed by atoms with Gasteiger partial charge in [0.1, 0.15) is 17.0 Å². The van der Waals surface area contributed by atoms with E-state index >= 15 is 0 Å². The lowest BCUT2D eigenvalue weighted by molar-refractivity contribution is -0.134. The third-order valence-corrected chi connectivity index (χ3v) is 7.14. The van der Waals surface area contributed by atoms with Gasteiger partial charge in [0.05, 0.1) is 18.5 Å². The minimum absolute atomic E-state index is 0.0802. The average molecular weight is 446 g/mol. The summed E-state index contributed by atoms with van der Waals surface area (Å²) in [4.78, 5) is 29.3. The Balaban J connectivity index is 1.51. The van der Waals surface area contributed by atoms with Crippen LogP contribution in [0.25, 0.3) is 11.5 Å². The van der Waals surface area contributed by atoms with Gasteiger partial charge in [0.25, 0.3) is 5.91 Å². The van der Waals surface area contributed by atoms with Gasteiger partial charge in [0.15, 0.2) is 0 Å². The van der Waals surface area contributed by atoms with E-state index in [2.05, 4.69) is 5.32 Å². The molecule has 1 N–H and O–H groups in total. The first kappa shape index (κ1) is 21.6. The number of fused-ring (bicyclic) bond motifs is 1. The van der Waals surface area contributed by atoms with Crippen LogP contribution in [0.2, 0.25) is 0 Å². The summed E-state index contributed by atoms with van der Waals surface area (Å²) in [5.41, 5.74) is 1.38. The molecule has 0 saturated heterocycles. The summed E-state index contributed by atoms with van der Waals surface area (Å²) in [5.74, 6) is 0.474. The molecule has 0 unspecified atom stereocenters. The zero-order valence-electron chi connectivity index (χ0n) is 19.1. The first-order chi connectivity index (χ1) is 16.1. The van der Waals surface area contributed by atoms with Crippen LogP contribution in [0.1, 0.15) is 61.5 Å². The standard InChI is InChI=1S/C27H31N3O3/c1-27(26(32)28-21-12-7-2-3-8-13-21)19-29-22(24-14-9-17-33-24)15-16-23(29)25(31)30(27)18-20-10-5-4-6-11-20/h4-6,9-11,14-17,21H,2-3,7-8,12-13,18-19H2,1H3,(H,28,32)/t27-/m0/s1. The van der Waals surface area contributed by atoms with E-state index in [9.17, 15) is 9.59 Å². The summed E-state index contributed by atoms with van der Waals surface area (Å²) >= 11 is 0. The quantitative estimate of drug-likeness (QED) is 0.562. The van der Waals surface area contributed by atoms with Crippen LogP contribution < -0.4 is 5.32 Å². The van der Waals surface area contributed by atoms with Crippen LogP contribution in [0.5, 0.6) is 0 Å². The van der Waals surface area contributed by atoms with Crippen LogP contribution in [0, 0.1) is 0 Å². The SMILES string of the molecule is C[C@@]1(C(=O)NC2CCCCCC2)Cn2c(ccc2-c2ccco2)C(=O)N1Cc1ccccc1. The fourth-order valence-corrected chi connectivity index (χ4v) is 5.19. The number of benzene rings is 1. The second kappa shape index (κ2) is 8.93. The van der Waals surface area contributed by atoms with Gasteiger partial charge in [-0.05, 0) is 49.6 Å². The smallest absolute Gasteiger partial charge is 0.271 e. The zero-order chi connectivity index (χ0) is 22.8. The van der Waals surface area contributed by atoms with Crippen LogP contribution in [0.3, 0.4) is 0 Å². The maximum atomic E-state index is 13.8. The molecule has 1 aliphatic heterocycles. The molecule has 2 amide bonds. The number of hydrogen-bond donors (Lipinski definition) is 1. The highest BCUT2D eigenvalue weighted by Crippen LogP contribution is 2.34. The molecular formula is C27H31N3O3. The first-order valence-corrected chi connectivity index (χ1v) is 12.0. The van der Waals surface area contributed by atoms with Gasteiger partial charge in [-0.1, -0.05) is 56.0 Å². The lowest BCUT2D eigenvalue weighted by Gasteiger charge is -2.45. The Bertz CT molecular complexity index is 1110. The van der Waals surface area contributed by atoms with Crippen LogP contribution in [0.4, 0.5) is 0 Å². The van der Waals surface area contributed by atoms with Crippen molar-refractivity contribution in [2.24, 2.45) is 0 Å². The molecular weight excluding hydrogens is 414 g/mol. The number of aromatic nitrogens is 1. The van der Waals surface area contributed by atoms with Gasteiger partial charge >= 0.3 is 0 Å². The average Bonchev–Trinajstić information content (AvgIpc) is 3.42. The summed E-state index contributed by atoms with van der Waals surface area (Å²) in [7, 11) is 0. The largest absolute Gasteiger partial charge is 0.463 e. The summed E-state index contributed by atoms with van der Waals surface area (Å²) in [6, 6.07) is 17.5. The van der Waals surface area contributed by atoms with E-state index in [1.54, 1.807) is 11.2 Å². The maximum absolute atomic E-state index is 13.8. The van der Waals surface area contributed by atoms with E-state index in [0.717, 1.165) is 36.9 Å². The Morgan fingerprint density at radius 1 is 1.00 bits per heavy atom. The molecule has 33 heavy (non-hydrogen) atoms. The lowest BCUT2D eigenvalue weighted by Crippen LogP contribution is -2.64. The van der Waals surface area contributed by atoms with E-state index in [0.29, 0.717) is 24.5 Å². The van der Waals surface area contributed by atoms with E-state index in [4.69, 9.17) is 4.42 Å². The first-order valence-electron chi connectivity index (χ1n) is 12.0. The Labute approximate surface area is 194 Å². The van der Waals surface area contributed by atoms with Crippen LogP contribution in [-0.2, 0) is 17.9 Å². The van der Waals surface area contributed by atoms with E-state index in [-0.39, 0.29) is 17.9 Å². The molecule has 0 bridgehead atoms. The predicted octanol–water partition coefficient (Wildman–Crippen LogP) is 5.00. The molecule has 0 spiro atoms. The van der Waals surface area contributed by atoms with Gasteiger partial charge in [-0.25, -0.2) is 0 Å². The van der Waals surface area contributed by atoms with Crippen molar-refractivity contribution in [2.75, 3.05) is 0 Å². The molecule has 3 aromatic rings. The number of rotatable bonds is 5. The fraction of sp³-hybridized carbons (Fsp3) is 0.407. The van der Waals surface area contributed by atoms with Crippen molar-refractivity contribution in [1.82, 2.24) is 14.8 Å². The van der Waals surface area contributed by atoms with Gasteiger partial charge < -0.3 is 19.2 Å². The summed E-state index contributed by atoms with van der Waals surface area (Å²) in [5, 5.41) is 3.31. The Hall–Kier alpha value is -3.28. The predicted molar refractivity (Wildman–Crippen MR) is 126 cm³/mol. The zero-order valence-corrected chi connectivity index (χ0v) is 19.1. The van der Waals surface area contributed by atoms with Gasteiger partial charge in [-0.3, -0.25) is 9.59 Å². The third kappa shape index (κ3) is 4.10. The number of hydrogen-bond acceptors (Lipinski definition) is 3. The lowest BCUT2D eigenvalue weighted by atomic mass is 9.92.